The zero-order chi connectivity index (χ0) is 10.8. The molecule has 2 fully saturated rings. The Hall–Kier alpha value is -0.870. The summed E-state index contributed by atoms with van der Waals surface area (Å²) in [6.07, 6.45) is 8.29. The monoisotopic (exact) mass is 220 g/mol. The van der Waals surface area contributed by atoms with E-state index in [1.165, 1.54) is 24.8 Å². The van der Waals surface area contributed by atoms with Crippen molar-refractivity contribution < 1.29 is 0 Å². The summed E-state index contributed by atoms with van der Waals surface area (Å²) >= 11 is 0. The van der Waals surface area contributed by atoms with Gasteiger partial charge in [0.25, 0.3) is 0 Å². The number of aromatic nitrogens is 2. The highest BCUT2D eigenvalue weighted by Gasteiger charge is 2.20. The van der Waals surface area contributed by atoms with E-state index in [4.69, 9.17) is 0 Å². The molecule has 0 unspecified atom stereocenters. The van der Waals surface area contributed by atoms with Crippen LogP contribution in [0.25, 0.3) is 0 Å². The van der Waals surface area contributed by atoms with Crippen LogP contribution in [0.4, 0.5) is 0 Å². The molecular formula is C12H20N4. The van der Waals surface area contributed by atoms with Crippen LogP contribution in [0.3, 0.4) is 0 Å². The van der Waals surface area contributed by atoms with Gasteiger partial charge >= 0.3 is 0 Å². The molecule has 4 heteroatoms. The Kier molecular flexibility index (Phi) is 2.93. The second kappa shape index (κ2) is 4.55. The molecule has 1 aromatic heterocycles. The fourth-order valence-electron chi connectivity index (χ4n) is 2.44. The fourth-order valence-corrected chi connectivity index (χ4v) is 2.44. The number of piperazine rings is 1. The molecule has 1 saturated carbocycles. The zero-order valence-electron chi connectivity index (χ0n) is 9.73. The molecule has 1 saturated heterocycles. The van der Waals surface area contributed by atoms with Crippen LogP contribution in [-0.4, -0.2) is 40.9 Å². The van der Waals surface area contributed by atoms with Crippen molar-refractivity contribution in [3.63, 3.8) is 0 Å². The summed E-state index contributed by atoms with van der Waals surface area (Å²) in [5.74, 6) is 0. The van der Waals surface area contributed by atoms with Gasteiger partial charge in [-0.3, -0.25) is 9.58 Å². The summed E-state index contributed by atoms with van der Waals surface area (Å²) < 4.78 is 2.17. The molecule has 0 bridgehead atoms. The maximum Gasteiger partial charge on any atom is 0.0534 e. The van der Waals surface area contributed by atoms with E-state index in [1.807, 2.05) is 6.20 Å². The molecule has 0 atom stereocenters. The van der Waals surface area contributed by atoms with Gasteiger partial charge in [-0.25, -0.2) is 0 Å². The minimum atomic E-state index is 0.691. The lowest BCUT2D eigenvalue weighted by molar-refractivity contribution is 0.232. The van der Waals surface area contributed by atoms with Crippen LogP contribution in [0.15, 0.2) is 12.4 Å². The highest BCUT2D eigenvalue weighted by Crippen LogP contribution is 2.30. The van der Waals surface area contributed by atoms with Gasteiger partial charge in [0.1, 0.15) is 0 Å². The molecule has 1 aliphatic carbocycles. The van der Waals surface area contributed by atoms with E-state index in [0.29, 0.717) is 6.04 Å². The molecule has 3 rings (SSSR count). The Bertz CT molecular complexity index is 337. The Balaban J connectivity index is 1.58. The quantitative estimate of drug-likeness (QED) is 0.825. The molecule has 2 heterocycles. The Morgan fingerprint density at radius 1 is 1.31 bits per heavy atom. The lowest BCUT2D eigenvalue weighted by atomic mass is 9.93. The van der Waals surface area contributed by atoms with Gasteiger partial charge < -0.3 is 5.32 Å². The highest BCUT2D eigenvalue weighted by atomic mass is 15.3. The van der Waals surface area contributed by atoms with E-state index in [1.54, 1.807) is 0 Å². The largest absolute Gasteiger partial charge is 0.314 e. The summed E-state index contributed by atoms with van der Waals surface area (Å²) in [7, 11) is 0. The molecule has 16 heavy (non-hydrogen) atoms. The predicted molar refractivity (Wildman–Crippen MR) is 63.3 cm³/mol. The van der Waals surface area contributed by atoms with E-state index in [9.17, 15) is 0 Å². The van der Waals surface area contributed by atoms with Crippen molar-refractivity contribution in [1.29, 1.82) is 0 Å². The van der Waals surface area contributed by atoms with E-state index in [-0.39, 0.29) is 0 Å². The van der Waals surface area contributed by atoms with Crippen LogP contribution in [0.1, 0.15) is 30.9 Å². The number of nitrogens with one attached hydrogen (secondary N) is 1. The fraction of sp³-hybridized carbons (Fsp3) is 0.750. The van der Waals surface area contributed by atoms with Crippen LogP contribution < -0.4 is 5.32 Å². The third kappa shape index (κ3) is 2.13. The summed E-state index contributed by atoms with van der Waals surface area (Å²) in [6.45, 7) is 5.63. The first-order valence-electron chi connectivity index (χ1n) is 6.38. The predicted octanol–water partition coefficient (Wildman–Crippen LogP) is 1.01. The summed E-state index contributed by atoms with van der Waals surface area (Å²) in [5, 5.41) is 7.86. The first-order chi connectivity index (χ1) is 7.92. The smallest absolute Gasteiger partial charge is 0.0534 e. The van der Waals surface area contributed by atoms with Crippen LogP contribution in [0.5, 0.6) is 0 Å². The second-order valence-corrected chi connectivity index (χ2v) is 4.94. The molecule has 0 radical (unpaired) electrons. The van der Waals surface area contributed by atoms with E-state index in [2.05, 4.69) is 26.2 Å². The molecule has 0 spiro atoms. The Morgan fingerprint density at radius 2 is 2.12 bits per heavy atom. The average molecular weight is 220 g/mol. The van der Waals surface area contributed by atoms with Crippen molar-refractivity contribution in [3.8, 4) is 0 Å². The van der Waals surface area contributed by atoms with Crippen molar-refractivity contribution in [2.24, 2.45) is 0 Å². The third-order valence-corrected chi connectivity index (χ3v) is 3.72. The van der Waals surface area contributed by atoms with Gasteiger partial charge in [-0.1, -0.05) is 0 Å². The molecule has 0 amide bonds. The molecule has 1 N–H and O–H groups in total. The van der Waals surface area contributed by atoms with Crippen molar-refractivity contribution in [3.05, 3.63) is 18.0 Å². The van der Waals surface area contributed by atoms with Crippen LogP contribution in [0, 0.1) is 0 Å². The lowest BCUT2D eigenvalue weighted by Crippen LogP contribution is -2.42. The van der Waals surface area contributed by atoms with Crippen molar-refractivity contribution >= 4 is 0 Å². The minimum Gasteiger partial charge on any atom is -0.314 e. The molecule has 88 valence electrons. The number of nitrogens with zero attached hydrogens (tertiary/aromatic N) is 3. The molecule has 4 nitrogen and oxygen atoms in total. The van der Waals surface area contributed by atoms with E-state index < -0.39 is 0 Å². The number of hydrogen-bond donors (Lipinski definition) is 1. The average Bonchev–Trinajstić information content (AvgIpc) is 2.65. The van der Waals surface area contributed by atoms with Gasteiger partial charge in [-0.05, 0) is 19.3 Å². The van der Waals surface area contributed by atoms with Crippen LogP contribution in [-0.2, 0) is 6.54 Å². The topological polar surface area (TPSA) is 33.1 Å². The molecule has 0 aromatic carbocycles. The van der Waals surface area contributed by atoms with Crippen LogP contribution >= 0.6 is 0 Å². The second-order valence-electron chi connectivity index (χ2n) is 4.94. The normalized spacial score (nSPS) is 23.2. The van der Waals surface area contributed by atoms with E-state index >= 15 is 0 Å². The van der Waals surface area contributed by atoms with Gasteiger partial charge in [-0.2, -0.15) is 5.10 Å². The first-order valence-corrected chi connectivity index (χ1v) is 6.38. The SMILES string of the molecule is c1nn(C2CCC2)cc1CN1CCNCC1. The van der Waals surface area contributed by atoms with Gasteiger partial charge in [-0.15, -0.1) is 0 Å². The zero-order valence-corrected chi connectivity index (χ0v) is 9.73. The molecule has 1 aliphatic heterocycles. The standard InChI is InChI=1S/C12H20N4/c1-2-12(3-1)16-10-11(8-14-16)9-15-6-4-13-5-7-15/h8,10,12-13H,1-7,9H2. The summed E-state index contributed by atoms with van der Waals surface area (Å²) in [4.78, 5) is 2.50. The maximum atomic E-state index is 4.48. The van der Waals surface area contributed by atoms with E-state index in [0.717, 1.165) is 32.7 Å². The van der Waals surface area contributed by atoms with Crippen molar-refractivity contribution in [2.75, 3.05) is 26.2 Å². The Morgan fingerprint density at radius 3 is 2.81 bits per heavy atom. The van der Waals surface area contributed by atoms with Gasteiger partial charge in [0, 0.05) is 44.5 Å². The Labute approximate surface area is 96.6 Å². The van der Waals surface area contributed by atoms with Gasteiger partial charge in [0.15, 0.2) is 0 Å². The maximum absolute atomic E-state index is 4.48. The van der Waals surface area contributed by atoms with Gasteiger partial charge in [0.05, 0.1) is 12.2 Å². The first kappa shape index (κ1) is 10.3. The number of rotatable bonds is 3. The summed E-state index contributed by atoms with van der Waals surface area (Å²) in [6, 6.07) is 0.691. The van der Waals surface area contributed by atoms with Crippen molar-refractivity contribution in [2.45, 2.75) is 31.8 Å². The molecular weight excluding hydrogens is 200 g/mol. The summed E-state index contributed by atoms with van der Waals surface area (Å²) in [5.41, 5.74) is 1.37. The molecule has 2 aliphatic rings. The van der Waals surface area contributed by atoms with Crippen LogP contribution in [0.2, 0.25) is 0 Å². The molecule has 1 aromatic rings. The minimum absolute atomic E-state index is 0.691. The number of hydrogen-bond acceptors (Lipinski definition) is 3. The van der Waals surface area contributed by atoms with Gasteiger partial charge in [0.2, 0.25) is 0 Å². The van der Waals surface area contributed by atoms with Crippen molar-refractivity contribution in [1.82, 2.24) is 20.0 Å². The lowest BCUT2D eigenvalue weighted by Gasteiger charge is -2.27. The highest BCUT2D eigenvalue weighted by molar-refractivity contribution is 5.05. The third-order valence-electron chi connectivity index (χ3n) is 3.72.